The molecule has 0 amide bonds. The summed E-state index contributed by atoms with van der Waals surface area (Å²) in [7, 11) is 0. The molecule has 11 heavy (non-hydrogen) atoms. The second-order valence-corrected chi connectivity index (χ2v) is 3.84. The molecule has 0 spiro atoms. The lowest BCUT2D eigenvalue weighted by Crippen LogP contribution is -2.14. The van der Waals surface area contributed by atoms with Gasteiger partial charge in [-0.1, -0.05) is 6.92 Å². The molecule has 1 aliphatic rings. The fraction of sp³-hybridized carbons (Fsp3) is 0.625. The molecule has 0 heterocycles. The molecule has 0 bridgehead atoms. The Morgan fingerprint density at radius 2 is 2.27 bits per heavy atom. The van der Waals surface area contributed by atoms with Gasteiger partial charge in [-0.3, -0.25) is 4.79 Å². The second kappa shape index (κ2) is 3.81. The van der Waals surface area contributed by atoms with Gasteiger partial charge in [0.15, 0.2) is 5.78 Å². The molecule has 0 unspecified atom stereocenters. The van der Waals surface area contributed by atoms with E-state index in [1.54, 1.807) is 11.8 Å². The lowest BCUT2D eigenvalue weighted by Gasteiger charge is -2.14. The summed E-state index contributed by atoms with van der Waals surface area (Å²) in [4.78, 5) is 12.1. The molecule has 62 valence electrons. The summed E-state index contributed by atoms with van der Waals surface area (Å²) in [6, 6.07) is 0. The first-order chi connectivity index (χ1) is 5.25. The quantitative estimate of drug-likeness (QED) is 0.687. The average molecular weight is 171 g/mol. The van der Waals surface area contributed by atoms with E-state index in [-0.39, 0.29) is 5.78 Å². The number of Topliss-reactive ketones (excluding diaryl/α,β-unsaturated/α-hetero) is 1. The van der Waals surface area contributed by atoms with Crippen LogP contribution >= 0.6 is 11.8 Å². The van der Waals surface area contributed by atoms with Gasteiger partial charge in [0.25, 0.3) is 0 Å². The van der Waals surface area contributed by atoms with E-state index in [0.717, 1.165) is 29.2 Å². The maximum Gasteiger partial charge on any atom is 0.170 e. The SMILES string of the molecule is CCSC1=C(N)CCCC1=O. The van der Waals surface area contributed by atoms with Gasteiger partial charge in [-0.05, 0) is 18.6 Å². The van der Waals surface area contributed by atoms with Gasteiger partial charge in [0, 0.05) is 12.1 Å². The van der Waals surface area contributed by atoms with Crippen LogP contribution in [0.5, 0.6) is 0 Å². The van der Waals surface area contributed by atoms with Crippen molar-refractivity contribution in [1.82, 2.24) is 0 Å². The average Bonchev–Trinajstić information content (AvgIpc) is 1.97. The standard InChI is InChI=1S/C8H13NOS/c1-2-11-8-6(9)4-3-5-7(8)10/h2-5,9H2,1H3. The third-order valence-electron chi connectivity index (χ3n) is 1.68. The zero-order valence-corrected chi connectivity index (χ0v) is 7.54. The fourth-order valence-corrected chi connectivity index (χ4v) is 2.00. The molecule has 0 saturated carbocycles. The summed E-state index contributed by atoms with van der Waals surface area (Å²) in [5.74, 6) is 1.17. The van der Waals surface area contributed by atoms with Crippen LogP contribution in [0.2, 0.25) is 0 Å². The molecule has 0 radical (unpaired) electrons. The molecule has 0 aromatic heterocycles. The lowest BCUT2D eigenvalue weighted by atomic mass is 10.0. The van der Waals surface area contributed by atoms with Gasteiger partial charge < -0.3 is 5.73 Å². The Balaban J connectivity index is 2.74. The Morgan fingerprint density at radius 1 is 1.55 bits per heavy atom. The lowest BCUT2D eigenvalue weighted by molar-refractivity contribution is -0.115. The molecular formula is C8H13NOS. The third kappa shape index (κ3) is 1.99. The Morgan fingerprint density at radius 3 is 2.82 bits per heavy atom. The summed E-state index contributed by atoms with van der Waals surface area (Å²) in [6.07, 6.45) is 2.51. The van der Waals surface area contributed by atoms with E-state index in [1.807, 2.05) is 6.92 Å². The maximum atomic E-state index is 11.2. The van der Waals surface area contributed by atoms with Crippen LogP contribution < -0.4 is 5.73 Å². The van der Waals surface area contributed by atoms with E-state index >= 15 is 0 Å². The van der Waals surface area contributed by atoms with E-state index < -0.39 is 0 Å². The van der Waals surface area contributed by atoms with Crippen LogP contribution in [0.1, 0.15) is 26.2 Å². The molecule has 0 aromatic rings. The first-order valence-corrected chi connectivity index (χ1v) is 4.89. The minimum Gasteiger partial charge on any atom is -0.401 e. The van der Waals surface area contributed by atoms with E-state index in [9.17, 15) is 4.79 Å². The number of ketones is 1. The van der Waals surface area contributed by atoms with E-state index in [0.29, 0.717) is 6.42 Å². The molecule has 0 aliphatic heterocycles. The minimum atomic E-state index is 0.237. The predicted molar refractivity (Wildman–Crippen MR) is 48.2 cm³/mol. The van der Waals surface area contributed by atoms with Crippen LogP contribution in [0, 0.1) is 0 Å². The first kappa shape index (κ1) is 8.65. The highest BCUT2D eigenvalue weighted by Gasteiger charge is 2.17. The highest BCUT2D eigenvalue weighted by atomic mass is 32.2. The van der Waals surface area contributed by atoms with Crippen molar-refractivity contribution in [2.45, 2.75) is 26.2 Å². The van der Waals surface area contributed by atoms with Crippen LogP contribution in [-0.4, -0.2) is 11.5 Å². The van der Waals surface area contributed by atoms with Crippen molar-refractivity contribution in [2.24, 2.45) is 5.73 Å². The molecule has 0 atom stereocenters. The Labute approximate surface area is 71.2 Å². The van der Waals surface area contributed by atoms with Crippen molar-refractivity contribution < 1.29 is 4.79 Å². The molecule has 0 aromatic carbocycles. The Hall–Kier alpha value is -0.440. The summed E-state index contributed by atoms with van der Waals surface area (Å²) in [5.41, 5.74) is 6.49. The van der Waals surface area contributed by atoms with Gasteiger partial charge in [0.05, 0.1) is 4.91 Å². The van der Waals surface area contributed by atoms with Gasteiger partial charge in [0.2, 0.25) is 0 Å². The van der Waals surface area contributed by atoms with E-state index in [4.69, 9.17) is 5.73 Å². The van der Waals surface area contributed by atoms with Crippen LogP contribution in [0.4, 0.5) is 0 Å². The van der Waals surface area contributed by atoms with Crippen LogP contribution in [0.15, 0.2) is 10.6 Å². The molecular weight excluding hydrogens is 158 g/mol. The smallest absolute Gasteiger partial charge is 0.170 e. The van der Waals surface area contributed by atoms with Gasteiger partial charge in [-0.2, -0.15) is 0 Å². The van der Waals surface area contributed by atoms with Crippen LogP contribution in [0.25, 0.3) is 0 Å². The number of hydrogen-bond acceptors (Lipinski definition) is 3. The molecule has 1 rings (SSSR count). The highest BCUT2D eigenvalue weighted by molar-refractivity contribution is 8.04. The van der Waals surface area contributed by atoms with Crippen LogP contribution in [-0.2, 0) is 4.79 Å². The van der Waals surface area contributed by atoms with Crippen molar-refractivity contribution in [2.75, 3.05) is 5.75 Å². The monoisotopic (exact) mass is 171 g/mol. The van der Waals surface area contributed by atoms with Crippen molar-refractivity contribution >= 4 is 17.5 Å². The number of allylic oxidation sites excluding steroid dienone is 2. The number of carbonyl (C=O) groups is 1. The zero-order chi connectivity index (χ0) is 8.27. The number of rotatable bonds is 2. The highest BCUT2D eigenvalue weighted by Crippen LogP contribution is 2.27. The predicted octanol–water partition coefficient (Wildman–Crippen LogP) is 1.66. The molecule has 1 aliphatic carbocycles. The number of carbonyl (C=O) groups excluding carboxylic acids is 1. The number of thioether (sulfide) groups is 1. The van der Waals surface area contributed by atoms with E-state index in [1.165, 1.54) is 0 Å². The summed E-state index contributed by atoms with van der Waals surface area (Å²) < 4.78 is 0. The summed E-state index contributed by atoms with van der Waals surface area (Å²) in [5, 5.41) is 0. The van der Waals surface area contributed by atoms with Crippen molar-refractivity contribution in [3.8, 4) is 0 Å². The topological polar surface area (TPSA) is 43.1 Å². The maximum absolute atomic E-state index is 11.2. The largest absolute Gasteiger partial charge is 0.401 e. The fourth-order valence-electron chi connectivity index (χ4n) is 1.16. The Kier molecular flexibility index (Phi) is 3.00. The van der Waals surface area contributed by atoms with Gasteiger partial charge in [-0.25, -0.2) is 0 Å². The number of hydrogen-bond donors (Lipinski definition) is 1. The molecule has 0 fully saturated rings. The molecule has 2 nitrogen and oxygen atoms in total. The van der Waals surface area contributed by atoms with Crippen LogP contribution in [0.3, 0.4) is 0 Å². The van der Waals surface area contributed by atoms with E-state index in [2.05, 4.69) is 0 Å². The normalized spacial score (nSPS) is 19.2. The molecule has 0 saturated heterocycles. The zero-order valence-electron chi connectivity index (χ0n) is 6.72. The minimum absolute atomic E-state index is 0.237. The van der Waals surface area contributed by atoms with Gasteiger partial charge in [0.1, 0.15) is 0 Å². The first-order valence-electron chi connectivity index (χ1n) is 3.90. The van der Waals surface area contributed by atoms with Crippen molar-refractivity contribution in [3.63, 3.8) is 0 Å². The second-order valence-electron chi connectivity index (χ2n) is 2.56. The van der Waals surface area contributed by atoms with Crippen molar-refractivity contribution in [1.29, 1.82) is 0 Å². The molecule has 3 heteroatoms. The summed E-state index contributed by atoms with van der Waals surface area (Å²) in [6.45, 7) is 2.03. The molecule has 2 N–H and O–H groups in total. The Bertz CT molecular complexity index is 198. The third-order valence-corrected chi connectivity index (χ3v) is 2.75. The van der Waals surface area contributed by atoms with Gasteiger partial charge in [-0.15, -0.1) is 11.8 Å². The number of nitrogens with two attached hydrogens (primary N) is 1. The van der Waals surface area contributed by atoms with Gasteiger partial charge >= 0.3 is 0 Å². The summed E-state index contributed by atoms with van der Waals surface area (Å²) >= 11 is 1.57. The van der Waals surface area contributed by atoms with Crippen molar-refractivity contribution in [3.05, 3.63) is 10.6 Å².